The molecule has 1 unspecified atom stereocenters. The van der Waals surface area contributed by atoms with Crippen LogP contribution in [0.4, 0.5) is 13.2 Å². The van der Waals surface area contributed by atoms with Gasteiger partial charge in [-0.05, 0) is 0 Å². The minimum atomic E-state index is -4.61. The molecular weight excluding hydrogens is 219 g/mol. The lowest BCUT2D eigenvalue weighted by atomic mass is 10.3. The van der Waals surface area contributed by atoms with Gasteiger partial charge >= 0.3 is 12.1 Å². The number of esters is 1. The number of aliphatic hydroxyl groups is 1. The number of methoxy groups -OCH3 is 1. The maximum Gasteiger partial charge on any atom is 0.397 e. The van der Waals surface area contributed by atoms with E-state index in [2.05, 4.69) is 4.74 Å². The highest BCUT2D eigenvalue weighted by Gasteiger charge is 2.31. The molecule has 0 fully saturated rings. The van der Waals surface area contributed by atoms with Crippen molar-refractivity contribution in [2.45, 2.75) is 18.7 Å². The van der Waals surface area contributed by atoms with Crippen molar-refractivity contribution in [1.29, 1.82) is 0 Å². The van der Waals surface area contributed by atoms with E-state index in [0.717, 1.165) is 7.11 Å². The van der Waals surface area contributed by atoms with Crippen molar-refractivity contribution < 1.29 is 32.6 Å². The molecule has 0 aliphatic carbocycles. The van der Waals surface area contributed by atoms with Crippen LogP contribution in [-0.2, 0) is 14.3 Å². The lowest BCUT2D eigenvalue weighted by Gasteiger charge is -2.10. The fraction of sp³-hybridized carbons (Fsp3) is 0.714. The molecular formula is C7H10F3NO4. The molecule has 2 N–H and O–H groups in total. The second-order valence-electron chi connectivity index (χ2n) is 2.63. The second-order valence-corrected chi connectivity index (χ2v) is 2.63. The predicted octanol–water partition coefficient (Wildman–Crippen LogP) is -0.411. The maximum atomic E-state index is 11.6. The third-order valence-corrected chi connectivity index (χ3v) is 1.33. The van der Waals surface area contributed by atoms with Crippen LogP contribution in [-0.4, -0.2) is 42.9 Å². The van der Waals surface area contributed by atoms with Crippen molar-refractivity contribution in [2.24, 2.45) is 0 Å². The van der Waals surface area contributed by atoms with E-state index in [0.29, 0.717) is 0 Å². The quantitative estimate of drug-likeness (QED) is 0.642. The normalized spacial score (nSPS) is 13.1. The highest BCUT2D eigenvalue weighted by Crippen LogP contribution is 2.18. The Hall–Kier alpha value is -1.31. The Kier molecular flexibility index (Phi) is 5.06. The van der Waals surface area contributed by atoms with Crippen molar-refractivity contribution in [2.75, 3.05) is 13.7 Å². The number of alkyl halides is 3. The highest BCUT2D eigenvalue weighted by atomic mass is 19.4. The molecule has 0 saturated heterocycles. The Morgan fingerprint density at radius 2 is 2.00 bits per heavy atom. The number of amides is 1. The molecule has 0 aromatic carbocycles. The summed E-state index contributed by atoms with van der Waals surface area (Å²) < 4.78 is 39.0. The number of aliphatic hydroxyl groups excluding tert-OH is 1. The number of halogens is 3. The number of rotatable bonds is 4. The van der Waals surface area contributed by atoms with Crippen LogP contribution in [0.15, 0.2) is 0 Å². The van der Waals surface area contributed by atoms with Crippen LogP contribution in [0, 0.1) is 0 Å². The average Bonchev–Trinajstić information content (AvgIpc) is 2.10. The summed E-state index contributed by atoms with van der Waals surface area (Å²) in [7, 11) is 1.00. The van der Waals surface area contributed by atoms with Gasteiger partial charge in [0.2, 0.25) is 5.91 Å². The first-order valence-electron chi connectivity index (χ1n) is 3.85. The summed E-state index contributed by atoms with van der Waals surface area (Å²) in [6, 6.07) is 0. The standard InChI is InChI=1S/C7H10F3NO4/c1-15-6(14)4(12)3-11-5(13)2-7(8,9)10/h4,12H,2-3H2,1H3,(H,11,13). The molecule has 0 rings (SSSR count). The van der Waals surface area contributed by atoms with Gasteiger partial charge in [-0.15, -0.1) is 0 Å². The van der Waals surface area contributed by atoms with Gasteiger partial charge in [-0.25, -0.2) is 4.79 Å². The topological polar surface area (TPSA) is 75.6 Å². The molecule has 0 aliphatic heterocycles. The predicted molar refractivity (Wildman–Crippen MR) is 41.7 cm³/mol. The molecule has 1 amide bonds. The minimum absolute atomic E-state index is 0.610. The van der Waals surface area contributed by atoms with Gasteiger partial charge in [-0.3, -0.25) is 4.79 Å². The zero-order valence-electron chi connectivity index (χ0n) is 7.80. The van der Waals surface area contributed by atoms with E-state index < -0.39 is 37.1 Å². The monoisotopic (exact) mass is 229 g/mol. The molecule has 15 heavy (non-hydrogen) atoms. The first-order chi connectivity index (χ1) is 6.76. The summed E-state index contributed by atoms with van der Waals surface area (Å²) >= 11 is 0. The van der Waals surface area contributed by atoms with Crippen LogP contribution in [0.1, 0.15) is 6.42 Å². The first kappa shape index (κ1) is 13.7. The van der Waals surface area contributed by atoms with E-state index in [9.17, 15) is 22.8 Å². The fourth-order valence-corrected chi connectivity index (χ4v) is 0.674. The Bertz CT molecular complexity index is 241. The Morgan fingerprint density at radius 1 is 1.47 bits per heavy atom. The molecule has 5 nitrogen and oxygen atoms in total. The minimum Gasteiger partial charge on any atom is -0.467 e. The van der Waals surface area contributed by atoms with Crippen molar-refractivity contribution in [1.82, 2.24) is 5.32 Å². The van der Waals surface area contributed by atoms with E-state index >= 15 is 0 Å². The maximum absolute atomic E-state index is 11.6. The van der Waals surface area contributed by atoms with Crippen LogP contribution < -0.4 is 5.32 Å². The van der Waals surface area contributed by atoms with Gasteiger partial charge < -0.3 is 15.2 Å². The van der Waals surface area contributed by atoms with Crippen molar-refractivity contribution in [3.05, 3.63) is 0 Å². The van der Waals surface area contributed by atoms with Gasteiger partial charge in [0.25, 0.3) is 0 Å². The molecule has 0 aromatic heterocycles. The van der Waals surface area contributed by atoms with Crippen LogP contribution in [0.2, 0.25) is 0 Å². The van der Waals surface area contributed by atoms with Crippen molar-refractivity contribution in [3.8, 4) is 0 Å². The number of carbonyl (C=O) groups excluding carboxylic acids is 2. The smallest absolute Gasteiger partial charge is 0.397 e. The van der Waals surface area contributed by atoms with Crippen molar-refractivity contribution >= 4 is 11.9 Å². The van der Waals surface area contributed by atoms with Crippen LogP contribution >= 0.6 is 0 Å². The highest BCUT2D eigenvalue weighted by molar-refractivity contribution is 5.79. The second kappa shape index (κ2) is 5.54. The SMILES string of the molecule is COC(=O)C(O)CNC(=O)CC(F)(F)F. The third kappa shape index (κ3) is 6.72. The number of hydrogen-bond donors (Lipinski definition) is 2. The van der Waals surface area contributed by atoms with E-state index in [1.54, 1.807) is 5.32 Å². The summed E-state index contributed by atoms with van der Waals surface area (Å²) in [5.74, 6) is -2.34. The zero-order chi connectivity index (χ0) is 12.1. The molecule has 0 spiro atoms. The fourth-order valence-electron chi connectivity index (χ4n) is 0.674. The lowest BCUT2D eigenvalue weighted by molar-refractivity contribution is -0.155. The summed E-state index contributed by atoms with van der Waals surface area (Å²) in [5.41, 5.74) is 0. The number of hydrogen-bond acceptors (Lipinski definition) is 4. The Labute approximate surface area is 83.2 Å². The molecule has 88 valence electrons. The number of carbonyl (C=O) groups is 2. The Morgan fingerprint density at radius 3 is 2.40 bits per heavy atom. The number of nitrogens with one attached hydrogen (secondary N) is 1. The van der Waals surface area contributed by atoms with Gasteiger partial charge in [0.15, 0.2) is 6.10 Å². The Balaban J connectivity index is 3.86. The molecule has 1 atom stereocenters. The van der Waals surface area contributed by atoms with E-state index in [4.69, 9.17) is 5.11 Å². The van der Waals surface area contributed by atoms with E-state index in [1.807, 2.05) is 0 Å². The lowest BCUT2D eigenvalue weighted by Crippen LogP contribution is -2.38. The summed E-state index contributed by atoms with van der Waals surface area (Å²) in [4.78, 5) is 21.1. The largest absolute Gasteiger partial charge is 0.467 e. The molecule has 0 saturated carbocycles. The summed E-state index contributed by atoms with van der Waals surface area (Å²) in [6.45, 7) is -0.610. The van der Waals surface area contributed by atoms with Crippen LogP contribution in [0.25, 0.3) is 0 Å². The van der Waals surface area contributed by atoms with Crippen LogP contribution in [0.5, 0.6) is 0 Å². The van der Waals surface area contributed by atoms with Crippen molar-refractivity contribution in [3.63, 3.8) is 0 Å². The van der Waals surface area contributed by atoms with E-state index in [1.165, 1.54) is 0 Å². The zero-order valence-corrected chi connectivity index (χ0v) is 7.80. The average molecular weight is 229 g/mol. The molecule has 0 radical (unpaired) electrons. The first-order valence-corrected chi connectivity index (χ1v) is 3.85. The van der Waals surface area contributed by atoms with Crippen LogP contribution in [0.3, 0.4) is 0 Å². The van der Waals surface area contributed by atoms with Gasteiger partial charge in [-0.1, -0.05) is 0 Å². The molecule has 0 bridgehead atoms. The third-order valence-electron chi connectivity index (χ3n) is 1.33. The molecule has 0 aromatic rings. The van der Waals surface area contributed by atoms with Gasteiger partial charge in [-0.2, -0.15) is 13.2 Å². The summed E-state index contributed by atoms with van der Waals surface area (Å²) in [5, 5.41) is 10.6. The van der Waals surface area contributed by atoms with Gasteiger partial charge in [0.05, 0.1) is 13.7 Å². The number of ether oxygens (including phenoxy) is 1. The van der Waals surface area contributed by atoms with E-state index in [-0.39, 0.29) is 0 Å². The summed E-state index contributed by atoms with van der Waals surface area (Å²) in [6.07, 6.45) is -7.92. The van der Waals surface area contributed by atoms with Gasteiger partial charge in [0, 0.05) is 0 Å². The molecule has 8 heteroatoms. The molecule has 0 aliphatic rings. The molecule has 0 heterocycles. The van der Waals surface area contributed by atoms with Gasteiger partial charge in [0.1, 0.15) is 6.42 Å².